The highest BCUT2D eigenvalue weighted by atomic mass is 16.4. The van der Waals surface area contributed by atoms with E-state index in [1.165, 1.54) is 6.92 Å². The quantitative estimate of drug-likeness (QED) is 0.338. The number of H-pyrrole nitrogens is 2. The Morgan fingerprint density at radius 2 is 1.03 bits per heavy atom. The monoisotopic (exact) mass is 399 g/mol. The summed E-state index contributed by atoms with van der Waals surface area (Å²) in [5.74, 6) is -0.963. The van der Waals surface area contributed by atoms with Crippen molar-refractivity contribution in [1.82, 2.24) is 19.9 Å². The Hall–Kier alpha value is -3.97. The van der Waals surface area contributed by atoms with Gasteiger partial charge in [0.2, 0.25) is 0 Å². The van der Waals surface area contributed by atoms with Crippen molar-refractivity contribution in [3.05, 3.63) is 71.3 Å². The molecule has 7 heteroatoms. The summed E-state index contributed by atoms with van der Waals surface area (Å²) < 4.78 is 0. The maximum Gasteiger partial charge on any atom is 0.320 e. The van der Waals surface area contributed by atoms with E-state index in [1.54, 1.807) is 0 Å². The fourth-order valence-electron chi connectivity index (χ4n) is 2.94. The van der Waals surface area contributed by atoms with Crippen LogP contribution in [0.2, 0.25) is 0 Å². The first-order valence-corrected chi connectivity index (χ1v) is 9.47. The van der Waals surface area contributed by atoms with Gasteiger partial charge in [0.25, 0.3) is 0 Å². The molecule has 0 unspecified atom stereocenters. The van der Waals surface area contributed by atoms with Gasteiger partial charge in [-0.2, -0.15) is 0 Å². The van der Waals surface area contributed by atoms with E-state index in [2.05, 4.69) is 44.2 Å². The zero-order valence-electron chi connectivity index (χ0n) is 16.3. The molecule has 2 aliphatic rings. The molecule has 0 aromatic carbocycles. The number of carboxylic acids is 1. The SMILES string of the molecule is C1=Cc2cc3ccc(cc4nc(cc5ccc(cc1n2)[nH]5)C=C4)[nH]3.C[C@H](N)C(=O)O. The maximum absolute atomic E-state index is 9.57. The minimum absolute atomic E-state index is 0.731. The standard InChI is InChI=1S/C20H14N4.C3H7NO2/c1-2-14-10-16-5-6-18(23-16)12-20-8-7-19(24-20)11-17-4-3-15(22-17)9-13(1)21-14;1-2(4)3(5)6/h1-12,21,24H;2H,4H2,1H3,(H,5,6)/t;2-/m.0/s1. The third-order valence-electron chi connectivity index (χ3n) is 4.43. The third-order valence-corrected chi connectivity index (χ3v) is 4.43. The Morgan fingerprint density at radius 1 is 0.767 bits per heavy atom. The number of carboxylic acid groups (broad SMARTS) is 1. The second-order valence-corrected chi connectivity index (χ2v) is 7.03. The predicted molar refractivity (Wildman–Crippen MR) is 120 cm³/mol. The number of aromatic amines is 2. The van der Waals surface area contributed by atoms with Crippen LogP contribution in [0.25, 0.3) is 46.4 Å². The number of hydrogen-bond donors (Lipinski definition) is 4. The summed E-state index contributed by atoms with van der Waals surface area (Å²) in [6.07, 6.45) is 8.09. The molecule has 3 aromatic heterocycles. The van der Waals surface area contributed by atoms with E-state index in [1.807, 2.05) is 48.6 Å². The summed E-state index contributed by atoms with van der Waals surface area (Å²) in [4.78, 5) is 25.6. The third kappa shape index (κ3) is 4.71. The van der Waals surface area contributed by atoms with Gasteiger partial charge in [0, 0.05) is 22.1 Å². The number of nitrogens with zero attached hydrogens (tertiary/aromatic N) is 2. The van der Waals surface area contributed by atoms with E-state index < -0.39 is 12.0 Å². The molecule has 0 saturated heterocycles. The molecule has 5 rings (SSSR count). The molecule has 30 heavy (non-hydrogen) atoms. The summed E-state index contributed by atoms with van der Waals surface area (Å²) in [5, 5.41) is 7.87. The van der Waals surface area contributed by atoms with Crippen LogP contribution in [0.3, 0.4) is 0 Å². The van der Waals surface area contributed by atoms with Gasteiger partial charge in [-0.25, -0.2) is 9.97 Å². The van der Waals surface area contributed by atoms with E-state index in [9.17, 15) is 4.79 Å². The number of aliphatic carboxylic acids is 1. The van der Waals surface area contributed by atoms with Crippen molar-refractivity contribution in [2.75, 3.05) is 0 Å². The van der Waals surface area contributed by atoms with E-state index in [4.69, 9.17) is 10.8 Å². The van der Waals surface area contributed by atoms with Crippen molar-refractivity contribution in [1.29, 1.82) is 0 Å². The van der Waals surface area contributed by atoms with Crippen LogP contribution in [0.5, 0.6) is 0 Å². The van der Waals surface area contributed by atoms with Gasteiger partial charge in [-0.3, -0.25) is 4.79 Å². The van der Waals surface area contributed by atoms with Gasteiger partial charge in [0.1, 0.15) is 6.04 Å². The van der Waals surface area contributed by atoms with Crippen LogP contribution < -0.4 is 5.73 Å². The summed E-state index contributed by atoms with van der Waals surface area (Å²) >= 11 is 0. The van der Waals surface area contributed by atoms with E-state index in [0.29, 0.717) is 0 Å². The van der Waals surface area contributed by atoms with Crippen molar-refractivity contribution < 1.29 is 9.90 Å². The molecular formula is C23H21N5O2. The molecule has 0 saturated carbocycles. The molecule has 7 nitrogen and oxygen atoms in total. The zero-order chi connectivity index (χ0) is 21.1. The number of fused-ring (bicyclic) bond motifs is 8. The Morgan fingerprint density at radius 3 is 1.27 bits per heavy atom. The number of aromatic nitrogens is 4. The van der Waals surface area contributed by atoms with Gasteiger partial charge in [0.05, 0.1) is 22.8 Å². The summed E-state index contributed by atoms with van der Waals surface area (Å²) in [5.41, 5.74) is 12.7. The van der Waals surface area contributed by atoms with Gasteiger partial charge in [-0.05, 0) is 79.8 Å². The number of rotatable bonds is 1. The van der Waals surface area contributed by atoms with Crippen LogP contribution >= 0.6 is 0 Å². The molecule has 2 aliphatic heterocycles. The zero-order valence-corrected chi connectivity index (χ0v) is 16.3. The van der Waals surface area contributed by atoms with Crippen molar-refractivity contribution in [2.24, 2.45) is 5.73 Å². The summed E-state index contributed by atoms with van der Waals surface area (Å²) in [7, 11) is 0. The lowest BCUT2D eigenvalue weighted by molar-refractivity contribution is -0.138. The molecule has 0 amide bonds. The van der Waals surface area contributed by atoms with Gasteiger partial charge in [-0.15, -0.1) is 0 Å². The minimum Gasteiger partial charge on any atom is -0.480 e. The molecule has 0 spiro atoms. The van der Waals surface area contributed by atoms with E-state index >= 15 is 0 Å². The lowest BCUT2D eigenvalue weighted by atomic mass is 10.3. The molecule has 1 atom stereocenters. The van der Waals surface area contributed by atoms with Crippen LogP contribution in [-0.4, -0.2) is 37.1 Å². The molecule has 0 aliphatic carbocycles. The van der Waals surface area contributed by atoms with Gasteiger partial charge in [0.15, 0.2) is 0 Å². The highest BCUT2D eigenvalue weighted by Gasteiger charge is 2.01. The number of carbonyl (C=O) groups is 1. The first-order valence-electron chi connectivity index (χ1n) is 9.47. The van der Waals surface area contributed by atoms with Crippen LogP contribution in [0.15, 0.2) is 48.5 Å². The van der Waals surface area contributed by atoms with E-state index in [-0.39, 0.29) is 0 Å². The van der Waals surface area contributed by atoms with Crippen molar-refractivity contribution in [3.63, 3.8) is 0 Å². The molecule has 0 radical (unpaired) electrons. The first kappa shape index (κ1) is 19.4. The average Bonchev–Trinajstić information content (AvgIpc) is 3.47. The van der Waals surface area contributed by atoms with E-state index in [0.717, 1.165) is 44.8 Å². The molecule has 5 N–H and O–H groups in total. The van der Waals surface area contributed by atoms with Gasteiger partial charge >= 0.3 is 5.97 Å². The Kier molecular flexibility index (Phi) is 5.28. The van der Waals surface area contributed by atoms with Crippen LogP contribution in [0.1, 0.15) is 29.7 Å². The second-order valence-electron chi connectivity index (χ2n) is 7.03. The number of hydrogen-bond acceptors (Lipinski definition) is 4. The fourth-order valence-corrected chi connectivity index (χ4v) is 2.94. The van der Waals surface area contributed by atoms with Gasteiger partial charge < -0.3 is 20.8 Å². The minimum atomic E-state index is -0.963. The highest BCUT2D eigenvalue weighted by molar-refractivity contribution is 5.77. The Balaban J connectivity index is 0.000000322. The topological polar surface area (TPSA) is 121 Å². The highest BCUT2D eigenvalue weighted by Crippen LogP contribution is 2.16. The van der Waals surface area contributed by atoms with Crippen molar-refractivity contribution in [3.8, 4) is 0 Å². The Bertz CT molecular complexity index is 1140. The van der Waals surface area contributed by atoms with Gasteiger partial charge in [-0.1, -0.05) is 0 Å². The fraction of sp³-hybridized carbons (Fsp3) is 0.0870. The molecule has 8 bridgehead atoms. The average molecular weight is 399 g/mol. The van der Waals surface area contributed by atoms with Crippen LogP contribution in [0, 0.1) is 0 Å². The summed E-state index contributed by atoms with van der Waals surface area (Å²) in [6, 6.07) is 15.6. The smallest absolute Gasteiger partial charge is 0.320 e. The van der Waals surface area contributed by atoms with Crippen molar-refractivity contribution >= 4 is 52.3 Å². The maximum atomic E-state index is 9.57. The number of nitrogens with one attached hydrogen (secondary N) is 2. The largest absolute Gasteiger partial charge is 0.480 e. The second kappa shape index (κ2) is 8.18. The molecule has 0 fully saturated rings. The first-order chi connectivity index (χ1) is 14.4. The lowest BCUT2D eigenvalue weighted by Crippen LogP contribution is -2.25. The molecular weight excluding hydrogens is 378 g/mol. The lowest BCUT2D eigenvalue weighted by Gasteiger charge is -1.90. The summed E-state index contributed by atoms with van der Waals surface area (Å²) in [6.45, 7) is 1.42. The number of nitrogens with two attached hydrogens (primary N) is 1. The predicted octanol–water partition coefficient (Wildman–Crippen LogP) is 4.07. The Labute approximate surface area is 172 Å². The normalized spacial score (nSPS) is 12.9. The van der Waals surface area contributed by atoms with Crippen LogP contribution in [0.4, 0.5) is 0 Å². The van der Waals surface area contributed by atoms with Crippen molar-refractivity contribution in [2.45, 2.75) is 13.0 Å². The molecule has 150 valence electrons. The van der Waals surface area contributed by atoms with Crippen LogP contribution in [-0.2, 0) is 4.79 Å². The molecule has 5 heterocycles. The molecule has 3 aromatic rings.